The summed E-state index contributed by atoms with van der Waals surface area (Å²) in [5, 5.41) is 3.13. The van der Waals surface area contributed by atoms with Gasteiger partial charge in [-0.2, -0.15) is 0 Å². The van der Waals surface area contributed by atoms with E-state index in [1.807, 2.05) is 31.2 Å². The van der Waals surface area contributed by atoms with Crippen LogP contribution in [0.3, 0.4) is 0 Å². The molecule has 4 nitrogen and oxygen atoms in total. The van der Waals surface area contributed by atoms with E-state index in [4.69, 9.17) is 4.74 Å². The molecule has 1 fully saturated rings. The number of likely N-dealkylation sites (tertiary alicyclic amines) is 1. The summed E-state index contributed by atoms with van der Waals surface area (Å²) in [4.78, 5) is 14.2. The lowest BCUT2D eigenvalue weighted by atomic mass is 10.1. The van der Waals surface area contributed by atoms with Crippen molar-refractivity contribution in [1.82, 2.24) is 10.2 Å². The van der Waals surface area contributed by atoms with Gasteiger partial charge in [0.25, 0.3) is 0 Å². The zero-order chi connectivity index (χ0) is 15.1. The van der Waals surface area contributed by atoms with Crippen LogP contribution in [0.5, 0.6) is 5.75 Å². The summed E-state index contributed by atoms with van der Waals surface area (Å²) in [7, 11) is 2.13. The van der Waals surface area contributed by atoms with Gasteiger partial charge in [-0.25, -0.2) is 0 Å². The topological polar surface area (TPSA) is 41.6 Å². The summed E-state index contributed by atoms with van der Waals surface area (Å²) < 4.78 is 5.65. The van der Waals surface area contributed by atoms with Crippen LogP contribution in [0.15, 0.2) is 24.3 Å². The van der Waals surface area contributed by atoms with Gasteiger partial charge in [0, 0.05) is 12.5 Å². The van der Waals surface area contributed by atoms with Crippen LogP contribution >= 0.6 is 0 Å². The summed E-state index contributed by atoms with van der Waals surface area (Å²) >= 11 is 0. The molecule has 1 aliphatic rings. The summed E-state index contributed by atoms with van der Waals surface area (Å²) in [5.74, 6) is 1.03. The Hall–Kier alpha value is -1.55. The Morgan fingerprint density at radius 1 is 1.38 bits per heavy atom. The Morgan fingerprint density at radius 3 is 2.86 bits per heavy atom. The molecule has 1 aliphatic heterocycles. The second kappa shape index (κ2) is 8.03. The van der Waals surface area contributed by atoms with Gasteiger partial charge in [-0.05, 0) is 64.0 Å². The zero-order valence-electron chi connectivity index (χ0n) is 13.1. The van der Waals surface area contributed by atoms with Crippen molar-refractivity contribution in [3.8, 4) is 5.75 Å². The maximum Gasteiger partial charge on any atom is 0.220 e. The van der Waals surface area contributed by atoms with Gasteiger partial charge in [0.05, 0.1) is 6.61 Å². The van der Waals surface area contributed by atoms with Crippen molar-refractivity contribution in [2.45, 2.75) is 38.6 Å². The van der Waals surface area contributed by atoms with E-state index in [2.05, 4.69) is 17.3 Å². The quantitative estimate of drug-likeness (QED) is 0.818. The molecule has 1 N–H and O–H groups in total. The maximum absolute atomic E-state index is 11.9. The van der Waals surface area contributed by atoms with Crippen molar-refractivity contribution < 1.29 is 9.53 Å². The lowest BCUT2D eigenvalue weighted by Gasteiger charge is -2.29. The van der Waals surface area contributed by atoms with E-state index in [0.717, 1.165) is 38.1 Å². The minimum absolute atomic E-state index is 0.150. The third-order valence-electron chi connectivity index (χ3n) is 3.89. The molecule has 0 bridgehead atoms. The van der Waals surface area contributed by atoms with Crippen molar-refractivity contribution in [2.75, 3.05) is 26.7 Å². The number of ether oxygens (including phenoxy) is 1. The van der Waals surface area contributed by atoms with Gasteiger partial charge in [0.2, 0.25) is 5.91 Å². The number of aryl methyl sites for hydroxylation is 1. The van der Waals surface area contributed by atoms with Crippen molar-refractivity contribution in [2.24, 2.45) is 0 Å². The minimum Gasteiger partial charge on any atom is -0.494 e. The molecule has 0 atom stereocenters. The highest BCUT2D eigenvalue weighted by Gasteiger charge is 2.17. The van der Waals surface area contributed by atoms with Gasteiger partial charge < -0.3 is 15.0 Å². The number of hydrogen-bond donors (Lipinski definition) is 1. The van der Waals surface area contributed by atoms with E-state index < -0.39 is 0 Å². The Labute approximate surface area is 127 Å². The van der Waals surface area contributed by atoms with E-state index in [1.165, 1.54) is 5.56 Å². The zero-order valence-corrected chi connectivity index (χ0v) is 13.1. The van der Waals surface area contributed by atoms with Crippen LogP contribution in [-0.4, -0.2) is 43.6 Å². The molecule has 2 rings (SSSR count). The van der Waals surface area contributed by atoms with Gasteiger partial charge in [-0.1, -0.05) is 12.1 Å². The smallest absolute Gasteiger partial charge is 0.220 e. The van der Waals surface area contributed by atoms with Crippen LogP contribution < -0.4 is 10.1 Å². The highest BCUT2D eigenvalue weighted by Crippen LogP contribution is 2.13. The molecule has 21 heavy (non-hydrogen) atoms. The Morgan fingerprint density at radius 2 is 2.14 bits per heavy atom. The monoisotopic (exact) mass is 290 g/mol. The first-order valence-corrected chi connectivity index (χ1v) is 7.81. The number of amides is 1. The largest absolute Gasteiger partial charge is 0.494 e. The summed E-state index contributed by atoms with van der Waals surface area (Å²) in [6.07, 6.45) is 3.41. The highest BCUT2D eigenvalue weighted by atomic mass is 16.5. The molecule has 0 aromatic heterocycles. The molecule has 4 heteroatoms. The molecular formula is C17H26N2O2. The molecule has 0 saturated carbocycles. The second-order valence-electron chi connectivity index (χ2n) is 5.91. The van der Waals surface area contributed by atoms with E-state index >= 15 is 0 Å². The molecule has 116 valence electrons. The predicted molar refractivity (Wildman–Crippen MR) is 84.6 cm³/mol. The molecule has 0 aliphatic carbocycles. The van der Waals surface area contributed by atoms with Crippen molar-refractivity contribution >= 4 is 5.91 Å². The molecule has 1 aromatic rings. The fraction of sp³-hybridized carbons (Fsp3) is 0.588. The van der Waals surface area contributed by atoms with E-state index in [1.54, 1.807) is 0 Å². The number of benzene rings is 1. The van der Waals surface area contributed by atoms with Crippen LogP contribution in [0.2, 0.25) is 0 Å². The van der Waals surface area contributed by atoms with E-state index in [-0.39, 0.29) is 5.91 Å². The third kappa shape index (κ3) is 5.76. The second-order valence-corrected chi connectivity index (χ2v) is 5.91. The average molecular weight is 290 g/mol. The standard InChI is InChI=1S/C17H26N2O2/c1-14-5-3-6-16(13-14)21-12-4-7-17(20)18-15-8-10-19(2)11-9-15/h3,5-6,13,15H,4,7-12H2,1-2H3,(H,18,20). The van der Waals surface area contributed by atoms with E-state index in [9.17, 15) is 4.79 Å². The number of rotatable bonds is 6. The fourth-order valence-electron chi connectivity index (χ4n) is 2.58. The molecule has 0 spiro atoms. The van der Waals surface area contributed by atoms with Gasteiger partial charge in [0.1, 0.15) is 5.75 Å². The van der Waals surface area contributed by atoms with Crippen LogP contribution in [0.1, 0.15) is 31.2 Å². The first-order chi connectivity index (χ1) is 10.1. The van der Waals surface area contributed by atoms with Crippen molar-refractivity contribution in [3.05, 3.63) is 29.8 Å². The SMILES string of the molecule is Cc1cccc(OCCCC(=O)NC2CCN(C)CC2)c1. The van der Waals surface area contributed by atoms with Gasteiger partial charge in [0.15, 0.2) is 0 Å². The molecule has 1 amide bonds. The molecule has 1 saturated heterocycles. The molecule has 0 radical (unpaired) electrons. The predicted octanol–water partition coefficient (Wildman–Crippen LogP) is 2.36. The summed E-state index contributed by atoms with van der Waals surface area (Å²) in [6.45, 7) is 4.77. The van der Waals surface area contributed by atoms with Gasteiger partial charge in [-0.15, -0.1) is 0 Å². The van der Waals surface area contributed by atoms with Crippen molar-refractivity contribution in [1.29, 1.82) is 0 Å². The average Bonchev–Trinajstić information content (AvgIpc) is 2.46. The lowest BCUT2D eigenvalue weighted by Crippen LogP contribution is -2.43. The Balaban J connectivity index is 1.59. The number of nitrogens with one attached hydrogen (secondary N) is 1. The Bertz CT molecular complexity index is 454. The number of hydrogen-bond acceptors (Lipinski definition) is 3. The van der Waals surface area contributed by atoms with Crippen molar-refractivity contribution in [3.63, 3.8) is 0 Å². The molecular weight excluding hydrogens is 264 g/mol. The van der Waals surface area contributed by atoms with Crippen LogP contribution in [0, 0.1) is 6.92 Å². The highest BCUT2D eigenvalue weighted by molar-refractivity contribution is 5.76. The fourth-order valence-corrected chi connectivity index (χ4v) is 2.58. The normalized spacial score (nSPS) is 16.7. The maximum atomic E-state index is 11.9. The molecule has 1 heterocycles. The number of carbonyl (C=O) groups excluding carboxylic acids is 1. The number of nitrogens with zero attached hydrogens (tertiary/aromatic N) is 1. The third-order valence-corrected chi connectivity index (χ3v) is 3.89. The van der Waals surface area contributed by atoms with Gasteiger partial charge >= 0.3 is 0 Å². The first kappa shape index (κ1) is 15.8. The minimum atomic E-state index is 0.150. The van der Waals surface area contributed by atoms with Crippen LogP contribution in [0.4, 0.5) is 0 Å². The lowest BCUT2D eigenvalue weighted by molar-refractivity contribution is -0.122. The molecule has 0 unspecified atom stereocenters. The summed E-state index contributed by atoms with van der Waals surface area (Å²) in [5.41, 5.74) is 1.19. The summed E-state index contributed by atoms with van der Waals surface area (Å²) in [6, 6.07) is 8.34. The van der Waals surface area contributed by atoms with Gasteiger partial charge in [-0.3, -0.25) is 4.79 Å². The molecule has 1 aromatic carbocycles. The first-order valence-electron chi connectivity index (χ1n) is 7.81. The van der Waals surface area contributed by atoms with Crippen LogP contribution in [0.25, 0.3) is 0 Å². The van der Waals surface area contributed by atoms with Crippen LogP contribution in [-0.2, 0) is 4.79 Å². The number of carbonyl (C=O) groups is 1. The van der Waals surface area contributed by atoms with E-state index in [0.29, 0.717) is 19.1 Å². The Kier molecular flexibility index (Phi) is 6.05. The number of piperidine rings is 1.